The van der Waals surface area contributed by atoms with E-state index in [9.17, 15) is 9.59 Å². The molecular weight excluding hydrogens is 324 g/mol. The third-order valence-corrected chi connectivity index (χ3v) is 3.00. The van der Waals surface area contributed by atoms with Gasteiger partial charge in [-0.15, -0.1) is 11.8 Å². The molecule has 0 aliphatic carbocycles. The minimum Gasteiger partial charge on any atom is -0.465 e. The number of ether oxygens (including phenoxy) is 2. The highest BCUT2D eigenvalue weighted by molar-refractivity contribution is 9.09. The molecule has 0 radical (unpaired) electrons. The maximum Gasteiger partial charge on any atom is 0.324 e. The van der Waals surface area contributed by atoms with Crippen molar-refractivity contribution >= 4 is 27.9 Å². The molecule has 0 fully saturated rings. The molecule has 5 heteroatoms. The van der Waals surface area contributed by atoms with Gasteiger partial charge in [-0.25, -0.2) is 0 Å². The Labute approximate surface area is 129 Å². The SMILES string of the molecule is CC#CCC(C/C=C/CBr)(C(=O)OCC)C(=O)OCC. The number of hydrogen-bond donors (Lipinski definition) is 0. The minimum atomic E-state index is -1.38. The van der Waals surface area contributed by atoms with Crippen molar-refractivity contribution in [3.63, 3.8) is 0 Å². The molecule has 0 atom stereocenters. The Morgan fingerprint density at radius 2 is 1.70 bits per heavy atom. The second-order valence-corrected chi connectivity index (χ2v) is 4.60. The monoisotopic (exact) mass is 344 g/mol. The molecular formula is C15H21BrO4. The summed E-state index contributed by atoms with van der Waals surface area (Å²) in [6.45, 7) is 5.49. The predicted molar refractivity (Wildman–Crippen MR) is 81.3 cm³/mol. The van der Waals surface area contributed by atoms with E-state index >= 15 is 0 Å². The molecule has 0 spiro atoms. The van der Waals surface area contributed by atoms with Crippen LogP contribution in [-0.2, 0) is 19.1 Å². The zero-order valence-corrected chi connectivity index (χ0v) is 13.8. The van der Waals surface area contributed by atoms with Gasteiger partial charge < -0.3 is 9.47 Å². The Balaban J connectivity index is 5.46. The van der Waals surface area contributed by atoms with E-state index in [4.69, 9.17) is 9.47 Å². The van der Waals surface area contributed by atoms with Crippen molar-refractivity contribution in [3.8, 4) is 11.8 Å². The normalized spacial score (nSPS) is 10.8. The van der Waals surface area contributed by atoms with Crippen LogP contribution in [-0.4, -0.2) is 30.5 Å². The van der Waals surface area contributed by atoms with Crippen LogP contribution in [0.1, 0.15) is 33.6 Å². The number of carbonyl (C=O) groups excluding carboxylic acids is 2. The Hall–Kier alpha value is -1.28. The highest BCUT2D eigenvalue weighted by Gasteiger charge is 2.47. The van der Waals surface area contributed by atoms with Crippen LogP contribution in [0.3, 0.4) is 0 Å². The second kappa shape index (κ2) is 10.5. The number of rotatable bonds is 8. The fraction of sp³-hybridized carbons (Fsp3) is 0.600. The lowest BCUT2D eigenvalue weighted by Gasteiger charge is -2.26. The number of hydrogen-bond acceptors (Lipinski definition) is 4. The number of halogens is 1. The molecule has 0 N–H and O–H groups in total. The highest BCUT2D eigenvalue weighted by Crippen LogP contribution is 2.31. The molecule has 0 heterocycles. The molecule has 20 heavy (non-hydrogen) atoms. The van der Waals surface area contributed by atoms with Crippen LogP contribution in [0.5, 0.6) is 0 Å². The van der Waals surface area contributed by atoms with Gasteiger partial charge in [-0.05, 0) is 27.2 Å². The molecule has 0 unspecified atom stereocenters. The van der Waals surface area contributed by atoms with Crippen LogP contribution in [0.4, 0.5) is 0 Å². The van der Waals surface area contributed by atoms with E-state index in [1.165, 1.54) is 0 Å². The molecule has 0 bridgehead atoms. The zero-order valence-electron chi connectivity index (χ0n) is 12.2. The number of esters is 2. The Morgan fingerprint density at radius 3 is 2.10 bits per heavy atom. The summed E-state index contributed by atoms with van der Waals surface area (Å²) >= 11 is 3.26. The summed E-state index contributed by atoms with van der Waals surface area (Å²) in [6.07, 6.45) is 3.89. The maximum absolute atomic E-state index is 12.2. The summed E-state index contributed by atoms with van der Waals surface area (Å²) in [5.41, 5.74) is -1.38. The lowest BCUT2D eigenvalue weighted by atomic mass is 9.81. The van der Waals surface area contributed by atoms with Crippen LogP contribution in [0.15, 0.2) is 12.2 Å². The summed E-state index contributed by atoms with van der Waals surface area (Å²) in [5, 5.41) is 0.647. The average molecular weight is 345 g/mol. The second-order valence-electron chi connectivity index (χ2n) is 3.96. The van der Waals surface area contributed by atoms with Crippen molar-refractivity contribution in [1.82, 2.24) is 0 Å². The number of alkyl halides is 1. The first-order valence-electron chi connectivity index (χ1n) is 6.54. The van der Waals surface area contributed by atoms with Gasteiger partial charge in [0.05, 0.1) is 13.2 Å². The maximum atomic E-state index is 12.2. The molecule has 0 rings (SSSR count). The average Bonchev–Trinajstić information content (AvgIpc) is 2.43. The molecule has 112 valence electrons. The van der Waals surface area contributed by atoms with Gasteiger partial charge in [0.1, 0.15) is 0 Å². The topological polar surface area (TPSA) is 52.6 Å². The molecule has 0 saturated heterocycles. The van der Waals surface area contributed by atoms with E-state index in [0.717, 1.165) is 0 Å². The fourth-order valence-corrected chi connectivity index (χ4v) is 1.86. The van der Waals surface area contributed by atoms with E-state index in [2.05, 4.69) is 27.8 Å². The van der Waals surface area contributed by atoms with Crippen LogP contribution in [0.25, 0.3) is 0 Å². The van der Waals surface area contributed by atoms with Crippen molar-refractivity contribution in [2.75, 3.05) is 18.5 Å². The van der Waals surface area contributed by atoms with Crippen molar-refractivity contribution in [1.29, 1.82) is 0 Å². The van der Waals surface area contributed by atoms with Gasteiger partial charge >= 0.3 is 11.9 Å². The first-order valence-corrected chi connectivity index (χ1v) is 7.66. The first kappa shape index (κ1) is 18.7. The largest absolute Gasteiger partial charge is 0.465 e. The summed E-state index contributed by atoms with van der Waals surface area (Å²) in [4.78, 5) is 24.5. The van der Waals surface area contributed by atoms with E-state index in [1.807, 2.05) is 6.08 Å². The van der Waals surface area contributed by atoms with E-state index in [0.29, 0.717) is 5.33 Å². The molecule has 0 saturated carbocycles. The first-order chi connectivity index (χ1) is 9.58. The number of carbonyl (C=O) groups is 2. The standard InChI is InChI=1S/C15H21BrO4/c1-4-7-10-15(11-8-9-12-16,13(17)19-5-2)14(18)20-6-3/h8-9H,5-6,10-12H2,1-3H3/b9-8+. The lowest BCUT2D eigenvalue weighted by molar-refractivity contribution is -0.171. The molecule has 0 aliphatic heterocycles. The molecule has 0 aromatic carbocycles. The van der Waals surface area contributed by atoms with Gasteiger partial charge in [0.2, 0.25) is 0 Å². The fourth-order valence-electron chi connectivity index (χ4n) is 1.59. The molecule has 0 aliphatic rings. The highest BCUT2D eigenvalue weighted by atomic mass is 79.9. The Morgan fingerprint density at radius 1 is 1.15 bits per heavy atom. The molecule has 0 amide bonds. The predicted octanol–water partition coefficient (Wildman–Crippen LogP) is 2.85. The summed E-state index contributed by atoms with van der Waals surface area (Å²) < 4.78 is 10.1. The lowest BCUT2D eigenvalue weighted by Crippen LogP contribution is -2.41. The van der Waals surface area contributed by atoms with Gasteiger partial charge in [-0.1, -0.05) is 28.1 Å². The van der Waals surface area contributed by atoms with Crippen LogP contribution in [0, 0.1) is 17.3 Å². The van der Waals surface area contributed by atoms with Gasteiger partial charge in [-0.3, -0.25) is 9.59 Å². The Kier molecular flexibility index (Phi) is 9.83. The van der Waals surface area contributed by atoms with E-state index in [-0.39, 0.29) is 26.1 Å². The van der Waals surface area contributed by atoms with E-state index < -0.39 is 17.4 Å². The quantitative estimate of drug-likeness (QED) is 0.223. The zero-order chi connectivity index (χ0) is 15.4. The van der Waals surface area contributed by atoms with Crippen LogP contribution < -0.4 is 0 Å². The number of allylic oxidation sites excluding steroid dienone is 2. The van der Waals surface area contributed by atoms with Gasteiger partial charge in [-0.2, -0.15) is 0 Å². The van der Waals surface area contributed by atoms with Gasteiger partial charge in [0.15, 0.2) is 5.41 Å². The van der Waals surface area contributed by atoms with Gasteiger partial charge in [0, 0.05) is 11.8 Å². The van der Waals surface area contributed by atoms with E-state index in [1.54, 1.807) is 26.8 Å². The smallest absolute Gasteiger partial charge is 0.324 e. The summed E-state index contributed by atoms with van der Waals surface area (Å²) in [5.74, 6) is 4.34. The van der Waals surface area contributed by atoms with Crippen molar-refractivity contribution in [2.45, 2.75) is 33.6 Å². The summed E-state index contributed by atoms with van der Waals surface area (Å²) in [6, 6.07) is 0. The third-order valence-electron chi connectivity index (χ3n) is 2.62. The van der Waals surface area contributed by atoms with Crippen LogP contribution in [0.2, 0.25) is 0 Å². The minimum absolute atomic E-state index is 0.0911. The Bertz CT molecular complexity index is 386. The summed E-state index contributed by atoms with van der Waals surface area (Å²) in [7, 11) is 0. The van der Waals surface area contributed by atoms with Crippen molar-refractivity contribution in [2.24, 2.45) is 5.41 Å². The molecule has 0 aromatic rings. The van der Waals surface area contributed by atoms with Crippen molar-refractivity contribution in [3.05, 3.63) is 12.2 Å². The van der Waals surface area contributed by atoms with Crippen molar-refractivity contribution < 1.29 is 19.1 Å². The molecule has 4 nitrogen and oxygen atoms in total. The third kappa shape index (κ3) is 5.38. The molecule has 0 aromatic heterocycles. The van der Waals surface area contributed by atoms with Crippen LogP contribution >= 0.6 is 15.9 Å². The van der Waals surface area contributed by atoms with Gasteiger partial charge in [0.25, 0.3) is 0 Å².